The first-order chi connectivity index (χ1) is 14.8. The van der Waals surface area contributed by atoms with E-state index in [0.29, 0.717) is 21.6 Å². The third-order valence-electron chi connectivity index (χ3n) is 4.77. The summed E-state index contributed by atoms with van der Waals surface area (Å²) < 4.78 is 5.74. The molecule has 0 radical (unpaired) electrons. The Morgan fingerprint density at radius 1 is 0.968 bits per heavy atom. The number of urea groups is 1. The van der Waals surface area contributed by atoms with Crippen molar-refractivity contribution in [2.24, 2.45) is 0 Å². The predicted octanol–water partition coefficient (Wildman–Crippen LogP) is 5.37. The van der Waals surface area contributed by atoms with Crippen molar-refractivity contribution in [1.82, 2.24) is 5.32 Å². The Labute approximate surface area is 187 Å². The third kappa shape index (κ3) is 4.42. The summed E-state index contributed by atoms with van der Waals surface area (Å²) in [4.78, 5) is 39.6. The molecule has 0 atom stereocenters. The zero-order valence-electron chi connectivity index (χ0n) is 16.6. The lowest BCUT2D eigenvalue weighted by molar-refractivity contribution is -0.122. The first-order valence-electron chi connectivity index (χ1n) is 9.34. The van der Waals surface area contributed by atoms with Crippen LogP contribution in [0.15, 0.2) is 74.6 Å². The van der Waals surface area contributed by atoms with Gasteiger partial charge in [0.1, 0.15) is 11.3 Å². The molecule has 4 amide bonds. The largest absolute Gasteiger partial charge is 0.450 e. The van der Waals surface area contributed by atoms with Gasteiger partial charge in [-0.05, 0) is 79.6 Å². The number of nitrogens with zero attached hydrogens (tertiary/aromatic N) is 1. The molecule has 4 rings (SSSR count). The molecule has 1 saturated heterocycles. The number of anilines is 1. The van der Waals surface area contributed by atoms with Crippen LogP contribution in [0.1, 0.15) is 16.9 Å². The number of hydrogen-bond donors (Lipinski definition) is 1. The second-order valence-electron chi connectivity index (χ2n) is 6.94. The molecule has 6 nitrogen and oxygen atoms in total. The average molecular weight is 453 g/mol. The number of rotatable bonds is 4. The molecule has 0 bridgehead atoms. The van der Waals surface area contributed by atoms with Crippen LogP contribution in [0.5, 0.6) is 0 Å². The number of amides is 4. The minimum Gasteiger partial charge on any atom is -0.450 e. The highest BCUT2D eigenvalue weighted by atomic mass is 35.5. The standard InChI is InChI=1S/C23H17ClN2O4S/c1-13-3-6-16(11-14(13)2)26-22(28)19(21(27)25-23(26)29)12-17-7-10-20(30-17)31-18-8-4-15(24)5-9-18/h3-12H,1-2H3,(H,25,27,29)/b19-12+. The lowest BCUT2D eigenvalue weighted by atomic mass is 10.1. The number of benzene rings is 2. The SMILES string of the molecule is Cc1ccc(N2C(=O)NC(=O)/C(=C\c3ccc(Sc4ccc(Cl)cc4)o3)C2=O)cc1C. The molecule has 0 saturated carbocycles. The summed E-state index contributed by atoms with van der Waals surface area (Å²) in [5, 5.41) is 3.44. The fourth-order valence-corrected chi connectivity index (χ4v) is 3.89. The number of nitrogens with one attached hydrogen (secondary N) is 1. The minimum absolute atomic E-state index is 0.185. The van der Waals surface area contributed by atoms with E-state index in [1.54, 1.807) is 36.4 Å². The van der Waals surface area contributed by atoms with Gasteiger partial charge in [0.2, 0.25) is 0 Å². The highest BCUT2D eigenvalue weighted by Crippen LogP contribution is 2.31. The van der Waals surface area contributed by atoms with Crippen LogP contribution >= 0.6 is 23.4 Å². The highest BCUT2D eigenvalue weighted by molar-refractivity contribution is 7.99. The van der Waals surface area contributed by atoms with Gasteiger partial charge in [0, 0.05) is 9.92 Å². The van der Waals surface area contributed by atoms with Gasteiger partial charge in [-0.15, -0.1) is 0 Å². The van der Waals surface area contributed by atoms with Crippen molar-refractivity contribution in [3.8, 4) is 0 Å². The highest BCUT2D eigenvalue weighted by Gasteiger charge is 2.37. The number of aryl methyl sites for hydroxylation is 2. The number of furan rings is 1. The van der Waals surface area contributed by atoms with Crippen molar-refractivity contribution in [1.29, 1.82) is 0 Å². The van der Waals surface area contributed by atoms with Crippen molar-refractivity contribution in [3.05, 3.63) is 82.1 Å². The van der Waals surface area contributed by atoms with Gasteiger partial charge >= 0.3 is 6.03 Å². The van der Waals surface area contributed by atoms with Gasteiger partial charge in [-0.25, -0.2) is 9.69 Å². The molecule has 0 aliphatic carbocycles. The summed E-state index contributed by atoms with van der Waals surface area (Å²) in [6.45, 7) is 3.82. The average Bonchev–Trinajstić information content (AvgIpc) is 3.16. The van der Waals surface area contributed by atoms with Crippen molar-refractivity contribution in [3.63, 3.8) is 0 Å². The fourth-order valence-electron chi connectivity index (χ4n) is 2.98. The van der Waals surface area contributed by atoms with Gasteiger partial charge in [0.15, 0.2) is 5.09 Å². The first-order valence-corrected chi connectivity index (χ1v) is 10.5. The van der Waals surface area contributed by atoms with Gasteiger partial charge in [-0.3, -0.25) is 14.9 Å². The van der Waals surface area contributed by atoms with Crippen LogP contribution < -0.4 is 10.2 Å². The Bertz CT molecular complexity index is 1230. The summed E-state index contributed by atoms with van der Waals surface area (Å²) in [6.07, 6.45) is 1.34. The van der Waals surface area contributed by atoms with Crippen LogP contribution in [0, 0.1) is 13.8 Å². The van der Waals surface area contributed by atoms with Crippen molar-refractivity contribution >= 4 is 53.0 Å². The zero-order chi connectivity index (χ0) is 22.1. The van der Waals surface area contributed by atoms with Gasteiger partial charge in [0.05, 0.1) is 5.69 Å². The molecular formula is C23H17ClN2O4S. The summed E-state index contributed by atoms with van der Waals surface area (Å²) in [7, 11) is 0. The molecule has 3 aromatic rings. The second-order valence-corrected chi connectivity index (χ2v) is 8.45. The molecule has 0 unspecified atom stereocenters. The van der Waals surface area contributed by atoms with E-state index < -0.39 is 17.8 Å². The summed E-state index contributed by atoms with van der Waals surface area (Å²) in [5.74, 6) is -1.15. The molecule has 1 aromatic heterocycles. The first kappa shape index (κ1) is 21.0. The number of halogens is 1. The van der Waals surface area contributed by atoms with Crippen molar-refractivity contribution < 1.29 is 18.8 Å². The molecular weight excluding hydrogens is 436 g/mol. The normalized spacial score (nSPS) is 15.5. The Kier molecular flexibility index (Phi) is 5.71. The molecule has 0 spiro atoms. The predicted molar refractivity (Wildman–Crippen MR) is 119 cm³/mol. The van der Waals surface area contributed by atoms with Gasteiger partial charge in [-0.1, -0.05) is 29.4 Å². The monoisotopic (exact) mass is 452 g/mol. The summed E-state index contributed by atoms with van der Waals surface area (Å²) in [5.41, 5.74) is 2.16. The zero-order valence-corrected chi connectivity index (χ0v) is 18.2. The van der Waals surface area contributed by atoms with Crippen LogP contribution in [0.25, 0.3) is 6.08 Å². The number of carbonyl (C=O) groups is 3. The Morgan fingerprint density at radius 2 is 1.71 bits per heavy atom. The van der Waals surface area contributed by atoms with E-state index in [2.05, 4.69) is 5.32 Å². The number of hydrogen-bond acceptors (Lipinski definition) is 5. The Morgan fingerprint density at radius 3 is 2.42 bits per heavy atom. The van der Waals surface area contributed by atoms with E-state index in [9.17, 15) is 14.4 Å². The van der Waals surface area contributed by atoms with E-state index in [1.807, 2.05) is 32.0 Å². The second kappa shape index (κ2) is 8.45. The van der Waals surface area contributed by atoms with Crippen LogP contribution in [0.4, 0.5) is 10.5 Å². The maximum absolute atomic E-state index is 13.0. The summed E-state index contributed by atoms with van der Waals surface area (Å²) in [6, 6.07) is 15.1. The molecule has 31 heavy (non-hydrogen) atoms. The Hall–Kier alpha value is -3.29. The number of imide groups is 2. The van der Waals surface area contributed by atoms with Crippen LogP contribution in [0.2, 0.25) is 5.02 Å². The quantitative estimate of drug-likeness (QED) is 0.425. The van der Waals surface area contributed by atoms with E-state index in [1.165, 1.54) is 17.8 Å². The molecule has 1 aliphatic rings. The number of barbiturate groups is 1. The van der Waals surface area contributed by atoms with Crippen molar-refractivity contribution in [2.45, 2.75) is 23.8 Å². The minimum atomic E-state index is -0.783. The van der Waals surface area contributed by atoms with Gasteiger partial charge in [0.25, 0.3) is 11.8 Å². The lowest BCUT2D eigenvalue weighted by Gasteiger charge is -2.26. The van der Waals surface area contributed by atoms with Crippen LogP contribution in [-0.2, 0) is 9.59 Å². The smallest absolute Gasteiger partial charge is 0.335 e. The van der Waals surface area contributed by atoms with Gasteiger partial charge < -0.3 is 4.42 Å². The molecule has 1 N–H and O–H groups in total. The molecule has 2 heterocycles. The van der Waals surface area contributed by atoms with Crippen LogP contribution in [-0.4, -0.2) is 17.8 Å². The topological polar surface area (TPSA) is 79.6 Å². The maximum Gasteiger partial charge on any atom is 0.335 e. The Balaban J connectivity index is 1.60. The molecule has 2 aromatic carbocycles. The van der Waals surface area contributed by atoms with Crippen molar-refractivity contribution in [2.75, 3.05) is 4.90 Å². The lowest BCUT2D eigenvalue weighted by Crippen LogP contribution is -2.54. The van der Waals surface area contributed by atoms with E-state index in [-0.39, 0.29) is 5.57 Å². The van der Waals surface area contributed by atoms with E-state index in [0.717, 1.165) is 20.9 Å². The third-order valence-corrected chi connectivity index (χ3v) is 5.95. The van der Waals surface area contributed by atoms with E-state index in [4.69, 9.17) is 16.0 Å². The maximum atomic E-state index is 13.0. The van der Waals surface area contributed by atoms with E-state index >= 15 is 0 Å². The van der Waals surface area contributed by atoms with Gasteiger partial charge in [-0.2, -0.15) is 0 Å². The fraction of sp³-hybridized carbons (Fsp3) is 0.0870. The summed E-state index contributed by atoms with van der Waals surface area (Å²) >= 11 is 7.28. The molecule has 1 fully saturated rings. The van der Waals surface area contributed by atoms with Crippen LogP contribution in [0.3, 0.4) is 0 Å². The number of carbonyl (C=O) groups excluding carboxylic acids is 3. The molecule has 156 valence electrons. The molecule has 1 aliphatic heterocycles. The molecule has 8 heteroatoms.